The standard InChI is InChI=1S/C28H29N3/c1-18(2)22-17-23(19(3)4)27(25-21-13-9-10-14-24(21)30(5)26(22)25)31-16-15-29-28(31)20-11-7-6-8-12-20/h6-19H,1-5H3. The van der Waals surface area contributed by atoms with Crippen molar-refractivity contribution in [1.29, 1.82) is 0 Å². The Morgan fingerprint density at radius 1 is 0.806 bits per heavy atom. The van der Waals surface area contributed by atoms with Gasteiger partial charge in [0.05, 0.1) is 11.2 Å². The Morgan fingerprint density at radius 2 is 1.48 bits per heavy atom. The number of nitrogens with zero attached hydrogens (tertiary/aromatic N) is 3. The molecule has 0 aliphatic carbocycles. The van der Waals surface area contributed by atoms with Gasteiger partial charge in [-0.1, -0.05) is 82.3 Å². The monoisotopic (exact) mass is 407 g/mol. The molecule has 0 radical (unpaired) electrons. The molecule has 0 atom stereocenters. The van der Waals surface area contributed by atoms with Crippen molar-refractivity contribution >= 4 is 21.8 Å². The molecule has 0 fully saturated rings. The summed E-state index contributed by atoms with van der Waals surface area (Å²) in [6.45, 7) is 9.17. The number of benzene rings is 3. The van der Waals surface area contributed by atoms with Crippen LogP contribution in [0.1, 0.15) is 50.7 Å². The van der Waals surface area contributed by atoms with E-state index in [9.17, 15) is 0 Å². The van der Waals surface area contributed by atoms with Crippen LogP contribution in [0, 0.1) is 0 Å². The molecule has 31 heavy (non-hydrogen) atoms. The minimum Gasteiger partial charge on any atom is -0.343 e. The number of aryl methyl sites for hydroxylation is 1. The fraction of sp³-hybridized carbons (Fsp3) is 0.250. The number of hydrogen-bond donors (Lipinski definition) is 0. The molecule has 2 aromatic heterocycles. The fourth-order valence-electron chi connectivity index (χ4n) is 4.84. The predicted octanol–water partition coefficient (Wildman–Crippen LogP) is 7.43. The molecule has 5 rings (SSSR count). The van der Waals surface area contributed by atoms with Crippen molar-refractivity contribution in [1.82, 2.24) is 14.1 Å². The van der Waals surface area contributed by atoms with Gasteiger partial charge in [0, 0.05) is 41.3 Å². The van der Waals surface area contributed by atoms with Crippen LogP contribution < -0.4 is 0 Å². The van der Waals surface area contributed by atoms with E-state index in [4.69, 9.17) is 4.98 Å². The maximum Gasteiger partial charge on any atom is 0.144 e. The largest absolute Gasteiger partial charge is 0.343 e. The van der Waals surface area contributed by atoms with Gasteiger partial charge in [0.1, 0.15) is 5.82 Å². The lowest BCUT2D eigenvalue weighted by Gasteiger charge is -2.21. The minimum absolute atomic E-state index is 0.391. The first-order valence-electron chi connectivity index (χ1n) is 11.1. The predicted molar refractivity (Wildman–Crippen MR) is 131 cm³/mol. The van der Waals surface area contributed by atoms with Crippen LogP contribution >= 0.6 is 0 Å². The highest BCUT2D eigenvalue weighted by Crippen LogP contribution is 2.42. The smallest absolute Gasteiger partial charge is 0.144 e. The van der Waals surface area contributed by atoms with Crippen LogP contribution in [-0.2, 0) is 7.05 Å². The molecule has 0 unspecified atom stereocenters. The molecule has 0 spiro atoms. The average molecular weight is 408 g/mol. The van der Waals surface area contributed by atoms with Gasteiger partial charge in [-0.3, -0.25) is 4.57 Å². The summed E-state index contributed by atoms with van der Waals surface area (Å²) >= 11 is 0. The summed E-state index contributed by atoms with van der Waals surface area (Å²) in [4.78, 5) is 4.77. The molecule has 0 N–H and O–H groups in total. The van der Waals surface area contributed by atoms with Crippen LogP contribution in [0.5, 0.6) is 0 Å². The summed E-state index contributed by atoms with van der Waals surface area (Å²) in [5, 5.41) is 2.62. The molecule has 2 heterocycles. The Morgan fingerprint density at radius 3 is 2.19 bits per heavy atom. The second-order valence-electron chi connectivity index (χ2n) is 9.00. The van der Waals surface area contributed by atoms with E-state index >= 15 is 0 Å². The average Bonchev–Trinajstić information content (AvgIpc) is 3.37. The molecule has 156 valence electrons. The van der Waals surface area contributed by atoms with Gasteiger partial charge < -0.3 is 4.57 Å². The first-order valence-corrected chi connectivity index (χ1v) is 11.1. The highest BCUT2D eigenvalue weighted by Gasteiger charge is 2.24. The molecular formula is C28H29N3. The van der Waals surface area contributed by atoms with E-state index in [2.05, 4.69) is 111 Å². The van der Waals surface area contributed by atoms with Crippen molar-refractivity contribution in [2.75, 3.05) is 0 Å². The number of fused-ring (bicyclic) bond motifs is 3. The zero-order chi connectivity index (χ0) is 21.7. The van der Waals surface area contributed by atoms with Gasteiger partial charge in [0.2, 0.25) is 0 Å². The van der Waals surface area contributed by atoms with Crippen molar-refractivity contribution in [2.24, 2.45) is 7.05 Å². The number of para-hydroxylation sites is 1. The second kappa shape index (κ2) is 7.42. The highest BCUT2D eigenvalue weighted by atomic mass is 15.1. The van der Waals surface area contributed by atoms with E-state index in [-0.39, 0.29) is 0 Å². The summed E-state index contributed by atoms with van der Waals surface area (Å²) in [5.74, 6) is 1.81. The Hall–Kier alpha value is -3.33. The zero-order valence-corrected chi connectivity index (χ0v) is 18.9. The number of aromatic nitrogens is 3. The molecule has 3 aromatic carbocycles. The van der Waals surface area contributed by atoms with Crippen molar-refractivity contribution in [3.8, 4) is 17.1 Å². The van der Waals surface area contributed by atoms with Crippen molar-refractivity contribution in [3.63, 3.8) is 0 Å². The summed E-state index contributed by atoms with van der Waals surface area (Å²) in [6.07, 6.45) is 4.03. The van der Waals surface area contributed by atoms with Gasteiger partial charge in [-0.15, -0.1) is 0 Å². The van der Waals surface area contributed by atoms with E-state index in [1.165, 1.54) is 38.6 Å². The Labute approximate surface area is 184 Å². The van der Waals surface area contributed by atoms with Gasteiger partial charge in [-0.05, 0) is 29.0 Å². The summed E-state index contributed by atoms with van der Waals surface area (Å²) in [5.41, 5.74) is 7.74. The summed E-state index contributed by atoms with van der Waals surface area (Å²) in [7, 11) is 2.20. The van der Waals surface area contributed by atoms with Crippen LogP contribution in [0.3, 0.4) is 0 Å². The number of rotatable bonds is 4. The maximum absolute atomic E-state index is 4.77. The lowest BCUT2D eigenvalue weighted by atomic mass is 9.90. The highest BCUT2D eigenvalue weighted by molar-refractivity contribution is 6.14. The van der Waals surface area contributed by atoms with Crippen LogP contribution in [-0.4, -0.2) is 14.1 Å². The van der Waals surface area contributed by atoms with Crippen LogP contribution in [0.2, 0.25) is 0 Å². The molecule has 0 saturated heterocycles. The molecule has 3 heteroatoms. The van der Waals surface area contributed by atoms with E-state index in [0.717, 1.165) is 11.4 Å². The molecule has 5 aromatic rings. The lowest BCUT2D eigenvalue weighted by Crippen LogP contribution is -2.07. The fourth-order valence-corrected chi connectivity index (χ4v) is 4.84. The van der Waals surface area contributed by atoms with Gasteiger partial charge >= 0.3 is 0 Å². The zero-order valence-electron chi connectivity index (χ0n) is 18.9. The second-order valence-corrected chi connectivity index (χ2v) is 9.00. The third kappa shape index (κ3) is 2.99. The molecular weight excluding hydrogens is 378 g/mol. The Balaban J connectivity index is 1.99. The van der Waals surface area contributed by atoms with Crippen molar-refractivity contribution < 1.29 is 0 Å². The quantitative estimate of drug-likeness (QED) is 0.304. The number of hydrogen-bond acceptors (Lipinski definition) is 1. The first-order chi connectivity index (χ1) is 15.0. The molecule has 0 aliphatic rings. The molecule has 0 aliphatic heterocycles. The van der Waals surface area contributed by atoms with Crippen LogP contribution in [0.4, 0.5) is 0 Å². The normalized spacial score (nSPS) is 12.0. The topological polar surface area (TPSA) is 22.8 Å². The Bertz CT molecular complexity index is 1380. The van der Waals surface area contributed by atoms with Crippen molar-refractivity contribution in [2.45, 2.75) is 39.5 Å². The Kier molecular flexibility index (Phi) is 4.70. The van der Waals surface area contributed by atoms with E-state index in [1.807, 2.05) is 6.20 Å². The van der Waals surface area contributed by atoms with Gasteiger partial charge in [-0.2, -0.15) is 0 Å². The summed E-state index contributed by atoms with van der Waals surface area (Å²) < 4.78 is 4.66. The molecule has 0 bridgehead atoms. The summed E-state index contributed by atoms with van der Waals surface area (Å²) in [6, 6.07) is 21.7. The van der Waals surface area contributed by atoms with E-state index < -0.39 is 0 Å². The first kappa shape index (κ1) is 19.6. The molecule has 0 saturated carbocycles. The van der Waals surface area contributed by atoms with Crippen LogP contribution in [0.25, 0.3) is 38.9 Å². The molecule has 3 nitrogen and oxygen atoms in total. The third-order valence-electron chi connectivity index (χ3n) is 6.36. The molecule has 0 amide bonds. The van der Waals surface area contributed by atoms with Gasteiger partial charge in [0.15, 0.2) is 0 Å². The van der Waals surface area contributed by atoms with E-state index in [1.54, 1.807) is 0 Å². The van der Waals surface area contributed by atoms with Gasteiger partial charge in [-0.25, -0.2) is 4.98 Å². The minimum atomic E-state index is 0.391. The lowest BCUT2D eigenvalue weighted by molar-refractivity contribution is 0.824. The van der Waals surface area contributed by atoms with Crippen LogP contribution in [0.15, 0.2) is 73.1 Å². The number of imidazole rings is 1. The van der Waals surface area contributed by atoms with Crippen molar-refractivity contribution in [3.05, 3.63) is 84.2 Å². The SMILES string of the molecule is CC(C)c1cc(C(C)C)c2c(c1-n1ccnc1-c1ccccc1)c1ccccc1n2C. The third-order valence-corrected chi connectivity index (χ3v) is 6.36. The maximum atomic E-state index is 4.77. The van der Waals surface area contributed by atoms with E-state index in [0.29, 0.717) is 11.8 Å². The van der Waals surface area contributed by atoms with Gasteiger partial charge in [0.25, 0.3) is 0 Å².